The Balaban J connectivity index is 1.95. The van der Waals surface area contributed by atoms with Crippen LogP contribution in [-0.2, 0) is 0 Å². The second-order valence-electron chi connectivity index (χ2n) is 7.02. The first-order chi connectivity index (χ1) is 8.02. The van der Waals surface area contributed by atoms with Crippen molar-refractivity contribution in [2.45, 2.75) is 65.0 Å². The molecule has 0 saturated heterocycles. The van der Waals surface area contributed by atoms with Crippen molar-refractivity contribution in [1.82, 2.24) is 10.2 Å². The topological polar surface area (TPSA) is 15.3 Å². The molecule has 2 aliphatic rings. The van der Waals surface area contributed by atoms with E-state index >= 15 is 0 Å². The highest BCUT2D eigenvalue weighted by Crippen LogP contribution is 2.38. The fraction of sp³-hybridized carbons (Fsp3) is 1.00. The van der Waals surface area contributed by atoms with E-state index in [2.05, 4.69) is 38.0 Å². The molecule has 2 fully saturated rings. The lowest BCUT2D eigenvalue weighted by Gasteiger charge is -2.45. The van der Waals surface area contributed by atoms with Gasteiger partial charge in [-0.2, -0.15) is 0 Å². The van der Waals surface area contributed by atoms with Gasteiger partial charge in [-0.05, 0) is 57.0 Å². The fourth-order valence-corrected chi connectivity index (χ4v) is 3.36. The van der Waals surface area contributed by atoms with Crippen LogP contribution in [0.1, 0.15) is 52.9 Å². The van der Waals surface area contributed by atoms with E-state index in [9.17, 15) is 0 Å². The van der Waals surface area contributed by atoms with Crippen molar-refractivity contribution in [2.24, 2.45) is 11.3 Å². The Morgan fingerprint density at radius 2 is 1.94 bits per heavy atom. The second kappa shape index (κ2) is 5.27. The standard InChI is InChI=1S/C15H30N2/c1-5-16-13-8-9-15(2,3)10-14(13)17(4)11-12-6-7-12/h12-14,16H,5-11H2,1-4H3. The first-order valence-corrected chi connectivity index (χ1v) is 7.45. The fourth-order valence-electron chi connectivity index (χ4n) is 3.36. The third-order valence-corrected chi connectivity index (χ3v) is 4.63. The molecule has 17 heavy (non-hydrogen) atoms. The second-order valence-corrected chi connectivity index (χ2v) is 7.02. The van der Waals surface area contributed by atoms with Gasteiger partial charge in [0.25, 0.3) is 0 Å². The molecule has 0 aromatic carbocycles. The Labute approximate surface area is 107 Å². The first-order valence-electron chi connectivity index (χ1n) is 7.45. The summed E-state index contributed by atoms with van der Waals surface area (Å²) in [7, 11) is 2.34. The van der Waals surface area contributed by atoms with Gasteiger partial charge in [0.1, 0.15) is 0 Å². The molecule has 0 heterocycles. The summed E-state index contributed by atoms with van der Waals surface area (Å²) in [5.74, 6) is 1.01. The van der Waals surface area contributed by atoms with Crippen LogP contribution in [0.2, 0.25) is 0 Å². The molecule has 2 aliphatic carbocycles. The average molecular weight is 238 g/mol. The number of hydrogen-bond donors (Lipinski definition) is 1. The summed E-state index contributed by atoms with van der Waals surface area (Å²) in [6.45, 7) is 9.54. The summed E-state index contributed by atoms with van der Waals surface area (Å²) in [6.07, 6.45) is 7.01. The van der Waals surface area contributed by atoms with E-state index in [-0.39, 0.29) is 0 Å². The maximum atomic E-state index is 3.71. The molecule has 2 unspecified atom stereocenters. The Morgan fingerprint density at radius 1 is 1.24 bits per heavy atom. The average Bonchev–Trinajstić information content (AvgIpc) is 3.04. The molecule has 0 amide bonds. The largest absolute Gasteiger partial charge is 0.313 e. The summed E-state index contributed by atoms with van der Waals surface area (Å²) in [5.41, 5.74) is 0.536. The van der Waals surface area contributed by atoms with Crippen molar-refractivity contribution in [2.75, 3.05) is 20.1 Å². The van der Waals surface area contributed by atoms with Crippen LogP contribution in [0.3, 0.4) is 0 Å². The molecule has 2 saturated carbocycles. The van der Waals surface area contributed by atoms with Crippen molar-refractivity contribution < 1.29 is 0 Å². The van der Waals surface area contributed by atoms with E-state index in [4.69, 9.17) is 0 Å². The van der Waals surface area contributed by atoms with E-state index in [0.29, 0.717) is 5.41 Å². The molecule has 100 valence electrons. The molecule has 0 aliphatic heterocycles. The minimum absolute atomic E-state index is 0.536. The molecule has 2 heteroatoms. The van der Waals surface area contributed by atoms with E-state index < -0.39 is 0 Å². The number of nitrogens with one attached hydrogen (secondary N) is 1. The molecule has 0 bridgehead atoms. The smallest absolute Gasteiger partial charge is 0.0251 e. The zero-order valence-electron chi connectivity index (χ0n) is 12.1. The predicted molar refractivity (Wildman–Crippen MR) is 74.2 cm³/mol. The van der Waals surface area contributed by atoms with Crippen LogP contribution >= 0.6 is 0 Å². The van der Waals surface area contributed by atoms with Crippen molar-refractivity contribution in [3.63, 3.8) is 0 Å². The Hall–Kier alpha value is -0.0800. The lowest BCUT2D eigenvalue weighted by molar-refractivity contribution is 0.0797. The van der Waals surface area contributed by atoms with E-state index in [0.717, 1.165) is 24.5 Å². The number of rotatable bonds is 5. The van der Waals surface area contributed by atoms with Gasteiger partial charge in [-0.25, -0.2) is 0 Å². The first kappa shape index (κ1) is 13.4. The van der Waals surface area contributed by atoms with Gasteiger partial charge in [0.05, 0.1) is 0 Å². The predicted octanol–water partition coefficient (Wildman–Crippen LogP) is 2.89. The minimum atomic E-state index is 0.536. The molecule has 2 atom stereocenters. The maximum absolute atomic E-state index is 3.71. The molecule has 1 N–H and O–H groups in total. The van der Waals surface area contributed by atoms with Gasteiger partial charge in [0.2, 0.25) is 0 Å². The van der Waals surface area contributed by atoms with Crippen molar-refractivity contribution >= 4 is 0 Å². The van der Waals surface area contributed by atoms with E-state index in [1.807, 2.05) is 0 Å². The van der Waals surface area contributed by atoms with Gasteiger partial charge >= 0.3 is 0 Å². The van der Waals surface area contributed by atoms with Crippen molar-refractivity contribution in [3.05, 3.63) is 0 Å². The van der Waals surface area contributed by atoms with Gasteiger partial charge in [0.15, 0.2) is 0 Å². The van der Waals surface area contributed by atoms with Crippen LogP contribution < -0.4 is 5.32 Å². The normalized spacial score (nSPS) is 33.0. The van der Waals surface area contributed by atoms with Gasteiger partial charge < -0.3 is 10.2 Å². The third kappa shape index (κ3) is 3.69. The highest BCUT2D eigenvalue weighted by atomic mass is 15.2. The number of hydrogen-bond acceptors (Lipinski definition) is 2. The maximum Gasteiger partial charge on any atom is 0.0251 e. The Bertz CT molecular complexity index is 245. The SMILES string of the molecule is CCNC1CCC(C)(C)CC1N(C)CC1CC1. The van der Waals surface area contributed by atoms with Crippen LogP contribution in [0, 0.1) is 11.3 Å². The molecular weight excluding hydrogens is 208 g/mol. The van der Waals surface area contributed by atoms with Crippen LogP contribution in [0.15, 0.2) is 0 Å². The van der Waals surface area contributed by atoms with Crippen molar-refractivity contribution in [1.29, 1.82) is 0 Å². The zero-order chi connectivity index (χ0) is 12.5. The highest BCUT2D eigenvalue weighted by Gasteiger charge is 2.37. The zero-order valence-corrected chi connectivity index (χ0v) is 12.1. The van der Waals surface area contributed by atoms with Gasteiger partial charge in [0, 0.05) is 18.6 Å². The summed E-state index contributed by atoms with van der Waals surface area (Å²) in [4.78, 5) is 2.64. The van der Waals surface area contributed by atoms with Crippen LogP contribution in [-0.4, -0.2) is 37.1 Å². The van der Waals surface area contributed by atoms with Crippen LogP contribution in [0.5, 0.6) is 0 Å². The summed E-state index contributed by atoms with van der Waals surface area (Å²) in [5, 5.41) is 3.71. The number of likely N-dealkylation sites (N-methyl/N-ethyl adjacent to an activating group) is 2. The summed E-state index contributed by atoms with van der Waals surface area (Å²) < 4.78 is 0. The van der Waals surface area contributed by atoms with Crippen molar-refractivity contribution in [3.8, 4) is 0 Å². The Kier molecular flexibility index (Phi) is 4.14. The quantitative estimate of drug-likeness (QED) is 0.792. The van der Waals surface area contributed by atoms with Gasteiger partial charge in [-0.3, -0.25) is 0 Å². The monoisotopic (exact) mass is 238 g/mol. The molecule has 0 aromatic rings. The molecule has 2 nitrogen and oxygen atoms in total. The lowest BCUT2D eigenvalue weighted by Crippen LogP contribution is -2.54. The molecule has 0 aromatic heterocycles. The number of nitrogens with zero attached hydrogens (tertiary/aromatic N) is 1. The third-order valence-electron chi connectivity index (χ3n) is 4.63. The van der Waals surface area contributed by atoms with Crippen LogP contribution in [0.4, 0.5) is 0 Å². The highest BCUT2D eigenvalue weighted by molar-refractivity contribution is 4.94. The minimum Gasteiger partial charge on any atom is -0.313 e. The molecular formula is C15H30N2. The van der Waals surface area contributed by atoms with Gasteiger partial charge in [-0.1, -0.05) is 20.8 Å². The van der Waals surface area contributed by atoms with Gasteiger partial charge in [-0.15, -0.1) is 0 Å². The van der Waals surface area contributed by atoms with Crippen LogP contribution in [0.25, 0.3) is 0 Å². The Morgan fingerprint density at radius 3 is 2.53 bits per heavy atom. The molecule has 0 radical (unpaired) electrons. The van der Waals surface area contributed by atoms with E-state index in [1.54, 1.807) is 0 Å². The summed E-state index contributed by atoms with van der Waals surface area (Å²) in [6, 6.07) is 1.47. The van der Waals surface area contributed by atoms with E-state index in [1.165, 1.54) is 38.6 Å². The summed E-state index contributed by atoms with van der Waals surface area (Å²) >= 11 is 0. The molecule has 2 rings (SSSR count). The lowest BCUT2D eigenvalue weighted by atomic mass is 9.72. The molecule has 0 spiro atoms.